The molecule has 0 amide bonds. The van der Waals surface area contributed by atoms with Crippen LogP contribution in [0.3, 0.4) is 0 Å². The average Bonchev–Trinajstić information content (AvgIpc) is 2.38. The number of hydrogen-bond donors (Lipinski definition) is 1. The minimum absolute atomic E-state index is 0.228. The molecule has 0 radical (unpaired) electrons. The molecule has 112 valence electrons. The average molecular weight is 286 g/mol. The zero-order valence-electron chi connectivity index (χ0n) is 11.9. The minimum atomic E-state index is -4.30. The molecule has 1 aromatic carbocycles. The summed E-state index contributed by atoms with van der Waals surface area (Å²) in [4.78, 5) is 2.06. The first-order chi connectivity index (χ1) is 9.41. The fraction of sp³-hybridized carbons (Fsp3) is 0.600. The van der Waals surface area contributed by atoms with E-state index in [1.807, 2.05) is 0 Å². The number of nitrogens with zero attached hydrogens (tertiary/aromatic N) is 1. The van der Waals surface area contributed by atoms with Crippen LogP contribution < -0.4 is 10.2 Å². The third-order valence-electron chi connectivity index (χ3n) is 3.79. The normalized spacial score (nSPS) is 20.2. The lowest BCUT2D eigenvalue weighted by atomic mass is 9.98. The SMILES string of the molecule is CNCc1ccc(N2CCCC(C)C2)cc1C(F)(F)F. The lowest BCUT2D eigenvalue weighted by Gasteiger charge is -2.33. The predicted molar refractivity (Wildman–Crippen MR) is 74.8 cm³/mol. The molecular formula is C15H21F3N2. The second-order valence-electron chi connectivity index (χ2n) is 5.56. The lowest BCUT2D eigenvalue weighted by Crippen LogP contribution is -2.34. The molecule has 1 aliphatic rings. The van der Waals surface area contributed by atoms with Gasteiger partial charge in [-0.2, -0.15) is 13.2 Å². The Kier molecular flexibility index (Phi) is 4.58. The highest BCUT2D eigenvalue weighted by Gasteiger charge is 2.34. The maximum absolute atomic E-state index is 13.1. The van der Waals surface area contributed by atoms with Gasteiger partial charge in [0.25, 0.3) is 0 Å². The van der Waals surface area contributed by atoms with Crippen LogP contribution in [0.4, 0.5) is 18.9 Å². The van der Waals surface area contributed by atoms with Crippen LogP contribution in [0.2, 0.25) is 0 Å². The Morgan fingerprint density at radius 2 is 2.10 bits per heavy atom. The Labute approximate surface area is 118 Å². The van der Waals surface area contributed by atoms with Gasteiger partial charge in [-0.1, -0.05) is 13.0 Å². The maximum Gasteiger partial charge on any atom is 0.416 e. The first-order valence-corrected chi connectivity index (χ1v) is 7.01. The molecule has 1 aliphatic heterocycles. The zero-order valence-corrected chi connectivity index (χ0v) is 11.9. The molecule has 2 nitrogen and oxygen atoms in total. The second-order valence-corrected chi connectivity index (χ2v) is 5.56. The van der Waals surface area contributed by atoms with Crippen molar-refractivity contribution < 1.29 is 13.2 Å². The van der Waals surface area contributed by atoms with Gasteiger partial charge in [0.05, 0.1) is 5.56 Å². The van der Waals surface area contributed by atoms with Crippen LogP contribution in [-0.2, 0) is 12.7 Å². The van der Waals surface area contributed by atoms with Crippen LogP contribution >= 0.6 is 0 Å². The van der Waals surface area contributed by atoms with E-state index in [0.717, 1.165) is 25.9 Å². The van der Waals surface area contributed by atoms with E-state index < -0.39 is 11.7 Å². The van der Waals surface area contributed by atoms with Crippen LogP contribution in [0.5, 0.6) is 0 Å². The van der Waals surface area contributed by atoms with Gasteiger partial charge < -0.3 is 10.2 Å². The predicted octanol–water partition coefficient (Wildman–Crippen LogP) is 3.66. The fourth-order valence-electron chi connectivity index (χ4n) is 2.79. The summed E-state index contributed by atoms with van der Waals surface area (Å²) < 4.78 is 39.4. The number of benzene rings is 1. The van der Waals surface area contributed by atoms with E-state index in [-0.39, 0.29) is 6.54 Å². The molecule has 5 heteroatoms. The quantitative estimate of drug-likeness (QED) is 0.912. The van der Waals surface area contributed by atoms with Gasteiger partial charge in [0.1, 0.15) is 0 Å². The number of rotatable bonds is 3. The van der Waals surface area contributed by atoms with Crippen molar-refractivity contribution in [2.24, 2.45) is 5.92 Å². The summed E-state index contributed by atoms with van der Waals surface area (Å²) in [6.45, 7) is 4.05. The molecule has 0 aliphatic carbocycles. The third kappa shape index (κ3) is 3.45. The molecule has 0 aromatic heterocycles. The van der Waals surface area contributed by atoms with Gasteiger partial charge in [-0.15, -0.1) is 0 Å². The number of nitrogens with one attached hydrogen (secondary N) is 1. The topological polar surface area (TPSA) is 15.3 Å². The van der Waals surface area contributed by atoms with Crippen LogP contribution in [0.15, 0.2) is 18.2 Å². The zero-order chi connectivity index (χ0) is 14.8. The summed E-state index contributed by atoms with van der Waals surface area (Å²) in [6.07, 6.45) is -2.11. The number of piperidine rings is 1. The van der Waals surface area contributed by atoms with Crippen molar-refractivity contribution in [2.45, 2.75) is 32.5 Å². The summed E-state index contributed by atoms with van der Waals surface area (Å²) in [7, 11) is 1.65. The highest BCUT2D eigenvalue weighted by atomic mass is 19.4. The summed E-state index contributed by atoms with van der Waals surface area (Å²) in [5.74, 6) is 0.537. The Morgan fingerprint density at radius 3 is 2.70 bits per heavy atom. The standard InChI is InChI=1S/C15H21F3N2/c1-11-4-3-7-20(10-11)13-6-5-12(9-19-2)14(8-13)15(16,17)18/h5-6,8,11,19H,3-4,7,9-10H2,1-2H3. The minimum Gasteiger partial charge on any atom is -0.371 e. The van der Waals surface area contributed by atoms with Gasteiger partial charge in [0.2, 0.25) is 0 Å². The van der Waals surface area contributed by atoms with Crippen LogP contribution in [0.25, 0.3) is 0 Å². The van der Waals surface area contributed by atoms with Crippen LogP contribution in [0.1, 0.15) is 30.9 Å². The third-order valence-corrected chi connectivity index (χ3v) is 3.79. The Balaban J connectivity index is 2.31. The summed E-state index contributed by atoms with van der Waals surface area (Å²) in [5.41, 5.74) is 0.458. The van der Waals surface area contributed by atoms with Gasteiger partial charge in [0, 0.05) is 25.3 Å². The van der Waals surface area contributed by atoms with E-state index in [1.165, 1.54) is 6.07 Å². The van der Waals surface area contributed by atoms with Gasteiger partial charge in [0.15, 0.2) is 0 Å². The van der Waals surface area contributed by atoms with Gasteiger partial charge in [-0.05, 0) is 43.5 Å². The largest absolute Gasteiger partial charge is 0.416 e. The van der Waals surface area contributed by atoms with E-state index >= 15 is 0 Å². The molecule has 1 unspecified atom stereocenters. The highest BCUT2D eigenvalue weighted by molar-refractivity contribution is 5.52. The van der Waals surface area contributed by atoms with Crippen molar-refractivity contribution in [1.29, 1.82) is 0 Å². The van der Waals surface area contributed by atoms with Crippen LogP contribution in [0, 0.1) is 5.92 Å². The monoisotopic (exact) mass is 286 g/mol. The van der Waals surface area contributed by atoms with Crippen molar-refractivity contribution in [3.05, 3.63) is 29.3 Å². The van der Waals surface area contributed by atoms with E-state index in [1.54, 1.807) is 19.2 Å². The van der Waals surface area contributed by atoms with E-state index in [2.05, 4.69) is 17.1 Å². The molecule has 0 bridgehead atoms. The Hall–Kier alpha value is -1.23. The highest BCUT2D eigenvalue weighted by Crippen LogP contribution is 2.35. The number of alkyl halides is 3. The summed E-state index contributed by atoms with van der Waals surface area (Å²) in [6, 6.07) is 4.69. The Morgan fingerprint density at radius 1 is 1.35 bits per heavy atom. The Bertz CT molecular complexity index is 457. The van der Waals surface area contributed by atoms with Crippen molar-refractivity contribution >= 4 is 5.69 Å². The van der Waals surface area contributed by atoms with E-state index in [0.29, 0.717) is 17.2 Å². The molecule has 1 atom stereocenters. The smallest absolute Gasteiger partial charge is 0.371 e. The number of halogens is 3. The molecular weight excluding hydrogens is 265 g/mol. The molecule has 20 heavy (non-hydrogen) atoms. The van der Waals surface area contributed by atoms with Gasteiger partial charge in [-0.3, -0.25) is 0 Å². The fourth-order valence-corrected chi connectivity index (χ4v) is 2.79. The van der Waals surface area contributed by atoms with Crippen LogP contribution in [-0.4, -0.2) is 20.1 Å². The molecule has 2 rings (SSSR count). The van der Waals surface area contributed by atoms with Crippen molar-refractivity contribution in [1.82, 2.24) is 5.32 Å². The maximum atomic E-state index is 13.1. The molecule has 0 saturated carbocycles. The molecule has 1 fully saturated rings. The first kappa shape index (κ1) is 15.2. The van der Waals surface area contributed by atoms with E-state index in [9.17, 15) is 13.2 Å². The molecule has 1 aromatic rings. The molecule has 0 spiro atoms. The summed E-state index contributed by atoms with van der Waals surface area (Å²) >= 11 is 0. The first-order valence-electron chi connectivity index (χ1n) is 7.01. The van der Waals surface area contributed by atoms with Gasteiger partial charge >= 0.3 is 6.18 Å². The molecule has 1 saturated heterocycles. The summed E-state index contributed by atoms with van der Waals surface area (Å²) in [5, 5.41) is 2.79. The molecule has 1 N–H and O–H groups in total. The number of anilines is 1. The van der Waals surface area contributed by atoms with E-state index in [4.69, 9.17) is 0 Å². The van der Waals surface area contributed by atoms with Crippen molar-refractivity contribution in [3.8, 4) is 0 Å². The number of hydrogen-bond acceptors (Lipinski definition) is 2. The van der Waals surface area contributed by atoms with Crippen molar-refractivity contribution in [2.75, 3.05) is 25.0 Å². The molecule has 1 heterocycles. The lowest BCUT2D eigenvalue weighted by molar-refractivity contribution is -0.138. The second kappa shape index (κ2) is 6.04. The van der Waals surface area contributed by atoms with Crippen molar-refractivity contribution in [3.63, 3.8) is 0 Å². The van der Waals surface area contributed by atoms with Gasteiger partial charge in [-0.25, -0.2) is 0 Å².